The van der Waals surface area contributed by atoms with Gasteiger partial charge in [0.25, 0.3) is 5.91 Å². The largest absolute Gasteiger partial charge is 0.481 e. The van der Waals surface area contributed by atoms with E-state index in [2.05, 4.69) is 5.32 Å². The Labute approximate surface area is 166 Å². The van der Waals surface area contributed by atoms with E-state index in [0.29, 0.717) is 26.9 Å². The smallest absolute Gasteiger partial charge is 0.307 e. The lowest BCUT2D eigenvalue weighted by molar-refractivity contribution is -0.136. The van der Waals surface area contributed by atoms with E-state index in [1.165, 1.54) is 0 Å². The van der Waals surface area contributed by atoms with Crippen LogP contribution in [0, 0.1) is 0 Å². The molecule has 0 aromatic heterocycles. The second-order valence-electron chi connectivity index (χ2n) is 5.90. The molecule has 0 bridgehead atoms. The van der Waals surface area contributed by atoms with Crippen LogP contribution in [0.2, 0.25) is 10.0 Å². The summed E-state index contributed by atoms with van der Waals surface area (Å²) in [6, 6.07) is 19.1. The van der Waals surface area contributed by atoms with E-state index in [0.717, 1.165) is 11.1 Å². The number of carboxylic acids is 1. The van der Waals surface area contributed by atoms with Gasteiger partial charge >= 0.3 is 5.97 Å². The van der Waals surface area contributed by atoms with Crippen molar-refractivity contribution in [1.82, 2.24) is 0 Å². The number of aliphatic carboxylic acids is 1. The molecule has 6 heteroatoms. The van der Waals surface area contributed by atoms with E-state index >= 15 is 0 Å². The zero-order valence-corrected chi connectivity index (χ0v) is 15.6. The topological polar surface area (TPSA) is 66.4 Å². The van der Waals surface area contributed by atoms with Crippen molar-refractivity contribution in [2.45, 2.75) is 6.42 Å². The molecule has 0 saturated heterocycles. The van der Waals surface area contributed by atoms with E-state index in [4.69, 9.17) is 28.3 Å². The third kappa shape index (κ3) is 4.67. The summed E-state index contributed by atoms with van der Waals surface area (Å²) in [5, 5.41) is 12.5. The number of anilines is 1. The van der Waals surface area contributed by atoms with Gasteiger partial charge in [-0.05, 0) is 47.0 Å². The SMILES string of the molecule is O=C(O)Cc1ccc(NC(=O)c2ccccc2-c2ccc(Cl)c(Cl)c2)cc1. The molecule has 136 valence electrons. The van der Waals surface area contributed by atoms with Crippen molar-refractivity contribution >= 4 is 40.8 Å². The maximum Gasteiger partial charge on any atom is 0.307 e. The van der Waals surface area contributed by atoms with Gasteiger partial charge in [-0.2, -0.15) is 0 Å². The minimum absolute atomic E-state index is 0.0611. The van der Waals surface area contributed by atoms with Crippen LogP contribution in [-0.2, 0) is 11.2 Å². The number of rotatable bonds is 5. The van der Waals surface area contributed by atoms with Crippen molar-refractivity contribution in [2.75, 3.05) is 5.32 Å². The molecule has 0 aliphatic rings. The number of carbonyl (C=O) groups excluding carboxylic acids is 1. The molecule has 0 aliphatic carbocycles. The normalized spacial score (nSPS) is 10.4. The first kappa shape index (κ1) is 19.0. The quantitative estimate of drug-likeness (QED) is 0.591. The monoisotopic (exact) mass is 399 g/mol. The second-order valence-corrected chi connectivity index (χ2v) is 6.71. The first-order valence-electron chi connectivity index (χ1n) is 8.10. The Morgan fingerprint density at radius 1 is 0.889 bits per heavy atom. The van der Waals surface area contributed by atoms with Crippen LogP contribution in [0.25, 0.3) is 11.1 Å². The molecule has 3 rings (SSSR count). The summed E-state index contributed by atoms with van der Waals surface area (Å²) in [7, 11) is 0. The molecule has 3 aromatic carbocycles. The van der Waals surface area contributed by atoms with Crippen molar-refractivity contribution in [3.63, 3.8) is 0 Å². The van der Waals surface area contributed by atoms with Crippen LogP contribution in [0.3, 0.4) is 0 Å². The third-order valence-corrected chi connectivity index (χ3v) is 4.71. The molecule has 27 heavy (non-hydrogen) atoms. The number of halogens is 2. The third-order valence-electron chi connectivity index (χ3n) is 3.97. The highest BCUT2D eigenvalue weighted by molar-refractivity contribution is 6.42. The van der Waals surface area contributed by atoms with Crippen molar-refractivity contribution < 1.29 is 14.7 Å². The molecule has 0 aliphatic heterocycles. The fourth-order valence-corrected chi connectivity index (χ4v) is 2.97. The molecule has 0 radical (unpaired) electrons. The minimum Gasteiger partial charge on any atom is -0.481 e. The number of hydrogen-bond acceptors (Lipinski definition) is 2. The van der Waals surface area contributed by atoms with E-state index < -0.39 is 5.97 Å². The molecule has 3 aromatic rings. The maximum atomic E-state index is 12.8. The first-order valence-corrected chi connectivity index (χ1v) is 8.86. The Morgan fingerprint density at radius 3 is 2.26 bits per heavy atom. The lowest BCUT2D eigenvalue weighted by Crippen LogP contribution is -2.13. The van der Waals surface area contributed by atoms with Crippen LogP contribution < -0.4 is 5.32 Å². The number of carboxylic acid groups (broad SMARTS) is 1. The van der Waals surface area contributed by atoms with Gasteiger partial charge in [0.15, 0.2) is 0 Å². The van der Waals surface area contributed by atoms with Gasteiger partial charge in [-0.25, -0.2) is 0 Å². The predicted octanol–water partition coefficient (Wildman–Crippen LogP) is 5.54. The Morgan fingerprint density at radius 2 is 1.59 bits per heavy atom. The molecular weight excluding hydrogens is 385 g/mol. The van der Waals surface area contributed by atoms with Crippen LogP contribution in [0.1, 0.15) is 15.9 Å². The van der Waals surface area contributed by atoms with E-state index in [9.17, 15) is 9.59 Å². The van der Waals surface area contributed by atoms with Gasteiger partial charge in [0.2, 0.25) is 0 Å². The van der Waals surface area contributed by atoms with Gasteiger partial charge < -0.3 is 10.4 Å². The van der Waals surface area contributed by atoms with Gasteiger partial charge in [-0.1, -0.05) is 59.6 Å². The minimum atomic E-state index is -0.901. The molecule has 0 saturated carbocycles. The van der Waals surface area contributed by atoms with Crippen LogP contribution in [0.5, 0.6) is 0 Å². The summed E-state index contributed by atoms with van der Waals surface area (Å²) < 4.78 is 0. The number of benzene rings is 3. The molecule has 0 unspecified atom stereocenters. The standard InChI is InChI=1S/C21H15Cl2NO3/c22-18-10-7-14(12-19(18)23)16-3-1-2-4-17(16)21(27)24-15-8-5-13(6-9-15)11-20(25)26/h1-10,12H,11H2,(H,24,27)(H,25,26). The van der Waals surface area contributed by atoms with Crippen molar-refractivity contribution in [3.8, 4) is 11.1 Å². The number of carbonyl (C=O) groups is 2. The summed E-state index contributed by atoms with van der Waals surface area (Å²) in [5.41, 5.74) is 3.25. The van der Waals surface area contributed by atoms with E-state index in [-0.39, 0.29) is 12.3 Å². The van der Waals surface area contributed by atoms with Gasteiger partial charge in [0.1, 0.15) is 0 Å². The predicted molar refractivity (Wildman–Crippen MR) is 108 cm³/mol. The summed E-state index contributed by atoms with van der Waals surface area (Å²) in [6.45, 7) is 0. The average molecular weight is 400 g/mol. The zero-order valence-electron chi connectivity index (χ0n) is 14.1. The molecule has 0 heterocycles. The zero-order chi connectivity index (χ0) is 19.4. The Kier molecular flexibility index (Phi) is 5.79. The van der Waals surface area contributed by atoms with Gasteiger partial charge in [0, 0.05) is 11.3 Å². The van der Waals surface area contributed by atoms with Crippen LogP contribution in [0.4, 0.5) is 5.69 Å². The van der Waals surface area contributed by atoms with Crippen molar-refractivity contribution in [2.24, 2.45) is 0 Å². The van der Waals surface area contributed by atoms with Gasteiger partial charge in [0.05, 0.1) is 16.5 Å². The van der Waals surface area contributed by atoms with Crippen molar-refractivity contribution in [1.29, 1.82) is 0 Å². The molecule has 2 N–H and O–H groups in total. The van der Waals surface area contributed by atoms with Crippen LogP contribution in [-0.4, -0.2) is 17.0 Å². The Balaban J connectivity index is 1.85. The summed E-state index contributed by atoms with van der Waals surface area (Å²) in [6.07, 6.45) is -0.0611. The molecule has 4 nitrogen and oxygen atoms in total. The Hall–Kier alpha value is -2.82. The van der Waals surface area contributed by atoms with E-state index in [1.807, 2.05) is 12.1 Å². The molecular formula is C21H15Cl2NO3. The lowest BCUT2D eigenvalue weighted by atomic mass is 9.99. The maximum absolute atomic E-state index is 12.8. The lowest BCUT2D eigenvalue weighted by Gasteiger charge is -2.11. The molecule has 0 atom stereocenters. The van der Waals surface area contributed by atoms with Gasteiger partial charge in [-0.15, -0.1) is 0 Å². The summed E-state index contributed by atoms with van der Waals surface area (Å²) >= 11 is 12.1. The highest BCUT2D eigenvalue weighted by Gasteiger charge is 2.14. The van der Waals surface area contributed by atoms with Crippen LogP contribution >= 0.6 is 23.2 Å². The van der Waals surface area contributed by atoms with E-state index in [1.54, 1.807) is 54.6 Å². The highest BCUT2D eigenvalue weighted by Crippen LogP contribution is 2.30. The molecule has 0 spiro atoms. The fraction of sp³-hybridized carbons (Fsp3) is 0.0476. The van der Waals surface area contributed by atoms with Crippen LogP contribution in [0.15, 0.2) is 66.7 Å². The van der Waals surface area contributed by atoms with Gasteiger partial charge in [-0.3, -0.25) is 9.59 Å². The number of amides is 1. The fourth-order valence-electron chi connectivity index (χ4n) is 2.68. The Bertz CT molecular complexity index is 1000. The summed E-state index contributed by atoms with van der Waals surface area (Å²) in [4.78, 5) is 23.5. The summed E-state index contributed by atoms with van der Waals surface area (Å²) in [5.74, 6) is -1.18. The molecule has 0 fully saturated rings. The highest BCUT2D eigenvalue weighted by atomic mass is 35.5. The second kappa shape index (κ2) is 8.25. The molecule has 1 amide bonds. The van der Waals surface area contributed by atoms with Crippen molar-refractivity contribution in [3.05, 3.63) is 87.9 Å². The first-order chi connectivity index (χ1) is 12.9. The number of nitrogens with one attached hydrogen (secondary N) is 1. The average Bonchev–Trinajstić information content (AvgIpc) is 2.65. The number of hydrogen-bond donors (Lipinski definition) is 2.